The third kappa shape index (κ3) is 4.40. The number of carbonyl (C=O) groups is 2. The number of hydrogen-bond donors (Lipinski definition) is 0. The maximum atomic E-state index is 13.3. The fraction of sp³-hybridized carbons (Fsp3) is 0.429. The molecular formula is C21H25ClN2O3S. The molecule has 1 aromatic carbocycles. The van der Waals surface area contributed by atoms with Crippen LogP contribution in [0, 0.1) is 6.92 Å². The maximum absolute atomic E-state index is 13.3. The monoisotopic (exact) mass is 420 g/mol. The predicted octanol–water partition coefficient (Wildman–Crippen LogP) is 3.24. The molecule has 0 bridgehead atoms. The van der Waals surface area contributed by atoms with Gasteiger partial charge in [-0.05, 0) is 41.5 Å². The summed E-state index contributed by atoms with van der Waals surface area (Å²) in [5, 5.41) is 2.09. The molecular weight excluding hydrogens is 396 g/mol. The van der Waals surface area contributed by atoms with Crippen LogP contribution in [0.3, 0.4) is 0 Å². The van der Waals surface area contributed by atoms with Gasteiger partial charge in [0.15, 0.2) is 0 Å². The fourth-order valence-electron chi connectivity index (χ4n) is 3.65. The highest BCUT2D eigenvalue weighted by Gasteiger charge is 2.34. The molecule has 1 aliphatic rings. The standard InChI is InChI=1S/C21H25ClN2O3S/c1-15-5-3-4-6-16(15)21-17-8-12-28-18(17)7-9-24(21)20(26)14-23(10-11-27-2)19(25)13-22/h3-6,8,12,21H,7,9-11,13-14H2,1-2H3/t21-/m1/s1. The molecule has 0 fully saturated rings. The van der Waals surface area contributed by atoms with E-state index in [1.54, 1.807) is 18.4 Å². The van der Waals surface area contributed by atoms with E-state index in [4.69, 9.17) is 16.3 Å². The second-order valence-corrected chi connectivity index (χ2v) is 8.11. The van der Waals surface area contributed by atoms with Crippen LogP contribution in [0.1, 0.15) is 27.6 Å². The van der Waals surface area contributed by atoms with Crippen molar-refractivity contribution in [2.45, 2.75) is 19.4 Å². The first-order chi connectivity index (χ1) is 13.6. The van der Waals surface area contributed by atoms with Crippen LogP contribution >= 0.6 is 22.9 Å². The number of aryl methyl sites for hydroxylation is 1. The van der Waals surface area contributed by atoms with Gasteiger partial charge in [0.2, 0.25) is 11.8 Å². The van der Waals surface area contributed by atoms with Crippen LogP contribution in [-0.2, 0) is 20.7 Å². The summed E-state index contributed by atoms with van der Waals surface area (Å²) < 4.78 is 5.08. The van der Waals surface area contributed by atoms with Crippen LogP contribution in [0.5, 0.6) is 0 Å². The number of methoxy groups -OCH3 is 1. The number of ether oxygens (including phenoxy) is 1. The molecule has 28 heavy (non-hydrogen) atoms. The number of thiophene rings is 1. The van der Waals surface area contributed by atoms with E-state index in [1.165, 1.54) is 15.3 Å². The van der Waals surface area contributed by atoms with Crippen molar-refractivity contribution in [3.63, 3.8) is 0 Å². The van der Waals surface area contributed by atoms with E-state index >= 15 is 0 Å². The molecule has 150 valence electrons. The van der Waals surface area contributed by atoms with E-state index in [2.05, 4.69) is 30.5 Å². The topological polar surface area (TPSA) is 49.9 Å². The summed E-state index contributed by atoms with van der Waals surface area (Å²) in [5.41, 5.74) is 3.46. The lowest BCUT2D eigenvalue weighted by atomic mass is 9.90. The van der Waals surface area contributed by atoms with Crippen LogP contribution < -0.4 is 0 Å². The average Bonchev–Trinajstić information content (AvgIpc) is 3.19. The number of hydrogen-bond acceptors (Lipinski definition) is 4. The molecule has 2 heterocycles. The zero-order chi connectivity index (χ0) is 20.1. The minimum Gasteiger partial charge on any atom is -0.383 e. The lowest BCUT2D eigenvalue weighted by molar-refractivity contribution is -0.141. The predicted molar refractivity (Wildman–Crippen MR) is 112 cm³/mol. The number of fused-ring (bicyclic) bond motifs is 1. The molecule has 1 aliphatic heterocycles. The molecule has 2 amide bonds. The summed E-state index contributed by atoms with van der Waals surface area (Å²) in [5.74, 6) is -0.472. The van der Waals surface area contributed by atoms with E-state index in [0.29, 0.717) is 19.7 Å². The Labute approximate surface area is 174 Å². The van der Waals surface area contributed by atoms with Crippen molar-refractivity contribution in [1.82, 2.24) is 9.80 Å². The van der Waals surface area contributed by atoms with Gasteiger partial charge in [0.1, 0.15) is 5.88 Å². The van der Waals surface area contributed by atoms with Crippen molar-refractivity contribution in [3.05, 3.63) is 57.3 Å². The van der Waals surface area contributed by atoms with Crippen molar-refractivity contribution in [3.8, 4) is 0 Å². The zero-order valence-electron chi connectivity index (χ0n) is 16.2. The number of halogens is 1. The Balaban J connectivity index is 1.89. The third-order valence-electron chi connectivity index (χ3n) is 5.13. The quantitative estimate of drug-likeness (QED) is 0.646. The molecule has 7 heteroatoms. The molecule has 0 aliphatic carbocycles. The van der Waals surface area contributed by atoms with Crippen molar-refractivity contribution >= 4 is 34.8 Å². The van der Waals surface area contributed by atoms with Crippen molar-refractivity contribution in [1.29, 1.82) is 0 Å². The van der Waals surface area contributed by atoms with Gasteiger partial charge in [0.05, 0.1) is 19.2 Å². The zero-order valence-corrected chi connectivity index (χ0v) is 17.8. The number of alkyl halides is 1. The summed E-state index contributed by atoms with van der Waals surface area (Å²) in [6.07, 6.45) is 0.836. The molecule has 3 rings (SSSR count). The van der Waals surface area contributed by atoms with Gasteiger partial charge in [-0.25, -0.2) is 0 Å². The Bertz CT molecular complexity index is 839. The Morgan fingerprint density at radius 3 is 2.79 bits per heavy atom. The average molecular weight is 421 g/mol. The molecule has 1 aromatic heterocycles. The van der Waals surface area contributed by atoms with Crippen molar-refractivity contribution < 1.29 is 14.3 Å². The summed E-state index contributed by atoms with van der Waals surface area (Å²) in [6.45, 7) is 3.43. The van der Waals surface area contributed by atoms with E-state index in [-0.39, 0.29) is 30.3 Å². The second kappa shape index (κ2) is 9.54. The summed E-state index contributed by atoms with van der Waals surface area (Å²) in [7, 11) is 1.57. The fourth-order valence-corrected chi connectivity index (χ4v) is 4.72. The van der Waals surface area contributed by atoms with Gasteiger partial charge in [-0.2, -0.15) is 0 Å². The van der Waals surface area contributed by atoms with Gasteiger partial charge in [0.25, 0.3) is 0 Å². The van der Waals surface area contributed by atoms with Gasteiger partial charge in [-0.1, -0.05) is 24.3 Å². The second-order valence-electron chi connectivity index (χ2n) is 6.84. The smallest absolute Gasteiger partial charge is 0.242 e. The maximum Gasteiger partial charge on any atom is 0.242 e. The largest absolute Gasteiger partial charge is 0.383 e. The van der Waals surface area contributed by atoms with E-state index in [9.17, 15) is 9.59 Å². The third-order valence-corrected chi connectivity index (χ3v) is 6.35. The lowest BCUT2D eigenvalue weighted by Crippen LogP contribution is -2.47. The summed E-state index contributed by atoms with van der Waals surface area (Å²) in [4.78, 5) is 30.1. The number of rotatable bonds is 7. The lowest BCUT2D eigenvalue weighted by Gasteiger charge is -2.38. The molecule has 2 aromatic rings. The minimum atomic E-state index is -0.257. The Kier molecular flexibility index (Phi) is 7.10. The van der Waals surface area contributed by atoms with Gasteiger partial charge >= 0.3 is 0 Å². The Morgan fingerprint density at radius 1 is 1.29 bits per heavy atom. The van der Waals surface area contributed by atoms with Crippen LogP contribution in [0.2, 0.25) is 0 Å². The molecule has 0 saturated carbocycles. The van der Waals surface area contributed by atoms with Crippen molar-refractivity contribution in [2.24, 2.45) is 0 Å². The summed E-state index contributed by atoms with van der Waals surface area (Å²) in [6, 6.07) is 10.2. The van der Waals surface area contributed by atoms with Gasteiger partial charge in [-0.3, -0.25) is 9.59 Å². The van der Waals surface area contributed by atoms with E-state index in [1.807, 2.05) is 17.0 Å². The first-order valence-electron chi connectivity index (χ1n) is 9.30. The number of nitrogens with zero attached hydrogens (tertiary/aromatic N) is 2. The number of amides is 2. The highest BCUT2D eigenvalue weighted by atomic mass is 35.5. The molecule has 0 unspecified atom stereocenters. The Hall–Kier alpha value is -1.89. The SMILES string of the molecule is COCCN(CC(=O)N1CCc2sccc2[C@H]1c1ccccc1C)C(=O)CCl. The van der Waals surface area contributed by atoms with Crippen LogP contribution in [0.15, 0.2) is 35.7 Å². The molecule has 1 atom stereocenters. The van der Waals surface area contributed by atoms with E-state index in [0.717, 1.165) is 17.5 Å². The molecule has 5 nitrogen and oxygen atoms in total. The number of benzene rings is 1. The minimum absolute atomic E-state index is 0.0107. The Morgan fingerprint density at radius 2 is 2.07 bits per heavy atom. The molecule has 0 N–H and O–H groups in total. The highest BCUT2D eigenvalue weighted by molar-refractivity contribution is 7.10. The van der Waals surface area contributed by atoms with Crippen LogP contribution in [0.4, 0.5) is 0 Å². The van der Waals surface area contributed by atoms with Crippen LogP contribution in [0.25, 0.3) is 0 Å². The first kappa shape index (κ1) is 20.8. The number of carbonyl (C=O) groups excluding carboxylic acids is 2. The van der Waals surface area contributed by atoms with E-state index < -0.39 is 0 Å². The van der Waals surface area contributed by atoms with Gasteiger partial charge in [0, 0.05) is 25.1 Å². The molecule has 0 spiro atoms. The van der Waals surface area contributed by atoms with Gasteiger partial charge < -0.3 is 14.5 Å². The molecule has 0 radical (unpaired) electrons. The highest BCUT2D eigenvalue weighted by Crippen LogP contribution is 2.38. The molecule has 0 saturated heterocycles. The van der Waals surface area contributed by atoms with Crippen LogP contribution in [-0.4, -0.2) is 60.8 Å². The van der Waals surface area contributed by atoms with Gasteiger partial charge in [-0.15, -0.1) is 22.9 Å². The first-order valence-corrected chi connectivity index (χ1v) is 10.7. The summed E-state index contributed by atoms with van der Waals surface area (Å²) >= 11 is 7.48. The van der Waals surface area contributed by atoms with Crippen molar-refractivity contribution in [2.75, 3.05) is 39.2 Å². The normalized spacial score (nSPS) is 16.0.